The van der Waals surface area contributed by atoms with Crippen LogP contribution in [0.2, 0.25) is 0 Å². The predicted molar refractivity (Wildman–Crippen MR) is 80.7 cm³/mol. The van der Waals surface area contributed by atoms with Crippen LogP contribution in [0.4, 0.5) is 11.5 Å². The normalized spacial score (nSPS) is 17.4. The van der Waals surface area contributed by atoms with Crippen molar-refractivity contribution in [2.24, 2.45) is 0 Å². The summed E-state index contributed by atoms with van der Waals surface area (Å²) in [4.78, 5) is 0. The van der Waals surface area contributed by atoms with E-state index in [1.54, 1.807) is 6.20 Å². The Bertz CT molecular complexity index is 711. The molecule has 2 aromatic heterocycles. The highest BCUT2D eigenvalue weighted by Crippen LogP contribution is 2.21. The average molecular weight is 298 g/mol. The Morgan fingerprint density at radius 1 is 1.45 bits per heavy atom. The number of rotatable bonds is 4. The van der Waals surface area contributed by atoms with Crippen molar-refractivity contribution in [3.05, 3.63) is 29.2 Å². The minimum absolute atomic E-state index is 0.240. The molecule has 1 saturated heterocycles. The van der Waals surface area contributed by atoms with Gasteiger partial charge in [-0.15, -0.1) is 5.10 Å². The van der Waals surface area contributed by atoms with Crippen LogP contribution in [0.3, 0.4) is 0 Å². The fourth-order valence-electron chi connectivity index (χ4n) is 2.49. The van der Waals surface area contributed by atoms with Crippen LogP contribution in [-0.2, 0) is 11.3 Å². The average Bonchev–Trinajstić information content (AvgIpc) is 3.16. The molecule has 22 heavy (non-hydrogen) atoms. The molecule has 0 spiro atoms. The molecule has 0 bridgehead atoms. The second-order valence-corrected chi connectivity index (χ2v) is 5.46. The van der Waals surface area contributed by atoms with Crippen LogP contribution in [0.1, 0.15) is 29.7 Å². The van der Waals surface area contributed by atoms with Crippen LogP contribution in [0, 0.1) is 25.2 Å². The van der Waals surface area contributed by atoms with Crippen molar-refractivity contribution in [3.63, 3.8) is 0 Å². The Hall–Kier alpha value is -2.46. The molecule has 1 aliphatic rings. The molecule has 1 fully saturated rings. The second-order valence-electron chi connectivity index (χ2n) is 5.46. The van der Waals surface area contributed by atoms with Crippen LogP contribution >= 0.6 is 0 Å². The lowest BCUT2D eigenvalue weighted by molar-refractivity contribution is 0.0940. The van der Waals surface area contributed by atoms with Crippen LogP contribution in [0.25, 0.3) is 0 Å². The molecule has 1 N–H and O–H groups in total. The molecule has 7 nitrogen and oxygen atoms in total. The van der Waals surface area contributed by atoms with Gasteiger partial charge in [0.25, 0.3) is 0 Å². The number of nitrogens with zero attached hydrogens (tertiary/aromatic N) is 5. The van der Waals surface area contributed by atoms with Gasteiger partial charge in [-0.1, -0.05) is 0 Å². The summed E-state index contributed by atoms with van der Waals surface area (Å²) in [6.07, 6.45) is 6.03. The smallest absolute Gasteiger partial charge is 0.171 e. The first-order chi connectivity index (χ1) is 10.7. The van der Waals surface area contributed by atoms with E-state index >= 15 is 0 Å². The fraction of sp³-hybridized carbons (Fsp3) is 0.467. The van der Waals surface area contributed by atoms with E-state index < -0.39 is 0 Å². The van der Waals surface area contributed by atoms with Gasteiger partial charge in [-0.25, -0.2) is 0 Å². The van der Waals surface area contributed by atoms with E-state index in [0.717, 1.165) is 42.9 Å². The van der Waals surface area contributed by atoms with E-state index in [-0.39, 0.29) is 6.10 Å². The van der Waals surface area contributed by atoms with Gasteiger partial charge in [0.1, 0.15) is 11.6 Å². The molecule has 1 atom stereocenters. The van der Waals surface area contributed by atoms with Gasteiger partial charge >= 0.3 is 0 Å². The summed E-state index contributed by atoms with van der Waals surface area (Å²) >= 11 is 0. The molecule has 0 aromatic carbocycles. The van der Waals surface area contributed by atoms with Crippen LogP contribution in [0.5, 0.6) is 0 Å². The zero-order chi connectivity index (χ0) is 15.5. The third-order valence-electron chi connectivity index (χ3n) is 3.88. The lowest BCUT2D eigenvalue weighted by atomic mass is 10.1. The molecule has 2 aromatic rings. The number of aryl methyl sites for hydroxylation is 1. The Labute approximate surface area is 128 Å². The number of ether oxygens (including phenoxy) is 1. The lowest BCUT2D eigenvalue weighted by Gasteiger charge is -2.09. The third-order valence-corrected chi connectivity index (χ3v) is 3.88. The molecular weight excluding hydrogens is 280 g/mol. The highest BCUT2D eigenvalue weighted by molar-refractivity contribution is 5.63. The third kappa shape index (κ3) is 2.92. The van der Waals surface area contributed by atoms with Crippen molar-refractivity contribution in [2.75, 3.05) is 11.9 Å². The van der Waals surface area contributed by atoms with Crippen LogP contribution < -0.4 is 5.32 Å². The van der Waals surface area contributed by atoms with Crippen molar-refractivity contribution in [1.29, 1.82) is 5.26 Å². The van der Waals surface area contributed by atoms with Gasteiger partial charge in [0, 0.05) is 12.8 Å². The Balaban J connectivity index is 1.75. The maximum Gasteiger partial charge on any atom is 0.171 e. The first-order valence-corrected chi connectivity index (χ1v) is 7.32. The van der Waals surface area contributed by atoms with Crippen molar-refractivity contribution in [3.8, 4) is 6.07 Å². The maximum atomic E-state index is 9.30. The minimum Gasteiger partial charge on any atom is -0.376 e. The number of aromatic nitrogens is 4. The fourth-order valence-corrected chi connectivity index (χ4v) is 2.49. The first-order valence-electron chi connectivity index (χ1n) is 7.32. The molecule has 0 saturated carbocycles. The first kappa shape index (κ1) is 14.5. The van der Waals surface area contributed by atoms with E-state index in [1.807, 2.05) is 24.7 Å². The molecule has 0 radical (unpaired) electrons. The van der Waals surface area contributed by atoms with Gasteiger partial charge in [-0.2, -0.15) is 15.5 Å². The number of nitriles is 1. The SMILES string of the molecule is Cc1nnc(Nc2cnn(CC3CCCO3)c2)c(C#N)c1C. The number of anilines is 2. The largest absolute Gasteiger partial charge is 0.376 e. The summed E-state index contributed by atoms with van der Waals surface area (Å²) < 4.78 is 7.45. The summed E-state index contributed by atoms with van der Waals surface area (Å²) in [5.74, 6) is 0.460. The zero-order valence-electron chi connectivity index (χ0n) is 12.7. The quantitative estimate of drug-likeness (QED) is 0.929. The predicted octanol–water partition coefficient (Wildman–Crippen LogP) is 2.08. The number of nitrogens with one attached hydrogen (secondary N) is 1. The monoisotopic (exact) mass is 298 g/mol. The summed E-state index contributed by atoms with van der Waals surface area (Å²) in [5, 5.41) is 24.9. The molecule has 3 heterocycles. The van der Waals surface area contributed by atoms with Gasteiger partial charge < -0.3 is 10.1 Å². The highest BCUT2D eigenvalue weighted by atomic mass is 16.5. The van der Waals surface area contributed by atoms with Gasteiger partial charge in [0.05, 0.1) is 30.2 Å². The Kier molecular flexibility index (Phi) is 4.02. The van der Waals surface area contributed by atoms with Crippen molar-refractivity contribution >= 4 is 11.5 Å². The summed E-state index contributed by atoms with van der Waals surface area (Å²) in [6, 6.07) is 2.18. The molecule has 3 rings (SSSR count). The maximum absolute atomic E-state index is 9.30. The van der Waals surface area contributed by atoms with E-state index in [4.69, 9.17) is 4.74 Å². The van der Waals surface area contributed by atoms with E-state index in [9.17, 15) is 5.26 Å². The Morgan fingerprint density at radius 3 is 3.05 bits per heavy atom. The van der Waals surface area contributed by atoms with Gasteiger partial charge in [-0.3, -0.25) is 4.68 Å². The zero-order valence-corrected chi connectivity index (χ0v) is 12.7. The van der Waals surface area contributed by atoms with Gasteiger partial charge in [-0.05, 0) is 32.3 Å². The molecule has 114 valence electrons. The van der Waals surface area contributed by atoms with E-state index in [0.29, 0.717) is 11.4 Å². The molecule has 0 aliphatic carbocycles. The van der Waals surface area contributed by atoms with Crippen LogP contribution in [-0.4, -0.2) is 32.7 Å². The summed E-state index contributed by atoms with van der Waals surface area (Å²) in [7, 11) is 0. The molecule has 1 unspecified atom stereocenters. The summed E-state index contributed by atoms with van der Waals surface area (Å²) in [5.41, 5.74) is 2.90. The molecule has 7 heteroatoms. The van der Waals surface area contributed by atoms with Gasteiger partial charge in [0.15, 0.2) is 5.82 Å². The van der Waals surface area contributed by atoms with E-state index in [2.05, 4.69) is 26.7 Å². The second kappa shape index (κ2) is 6.12. The topological polar surface area (TPSA) is 88.7 Å². The minimum atomic E-state index is 0.240. The van der Waals surface area contributed by atoms with Gasteiger partial charge in [0.2, 0.25) is 0 Å². The summed E-state index contributed by atoms with van der Waals surface area (Å²) in [6.45, 7) is 5.29. The van der Waals surface area contributed by atoms with Crippen LogP contribution in [0.15, 0.2) is 12.4 Å². The van der Waals surface area contributed by atoms with E-state index in [1.165, 1.54) is 0 Å². The molecule has 1 aliphatic heterocycles. The highest BCUT2D eigenvalue weighted by Gasteiger charge is 2.17. The van der Waals surface area contributed by atoms with Crippen molar-refractivity contribution < 1.29 is 4.74 Å². The lowest BCUT2D eigenvalue weighted by Crippen LogP contribution is -2.15. The molecule has 0 amide bonds. The molecular formula is C15H18N6O. The van der Waals surface area contributed by atoms with Crippen molar-refractivity contribution in [2.45, 2.75) is 39.3 Å². The standard InChI is InChI=1S/C15H18N6O/c1-10-11(2)19-20-15(14(10)6-16)18-12-7-17-21(8-12)9-13-4-3-5-22-13/h7-8,13H,3-5,9H2,1-2H3,(H,18,20). The number of hydrogen-bond acceptors (Lipinski definition) is 6. The number of hydrogen-bond donors (Lipinski definition) is 1. The Morgan fingerprint density at radius 2 is 2.32 bits per heavy atom. The van der Waals surface area contributed by atoms with Crippen molar-refractivity contribution in [1.82, 2.24) is 20.0 Å².